The van der Waals surface area contributed by atoms with Gasteiger partial charge < -0.3 is 5.32 Å². The molecular formula is C21H18Br3N3O2S2. The van der Waals surface area contributed by atoms with E-state index in [1.165, 1.54) is 22.2 Å². The molecule has 1 aliphatic carbocycles. The molecule has 10 heteroatoms. The third-order valence-corrected chi connectivity index (χ3v) is 8.83. The van der Waals surface area contributed by atoms with Crippen molar-refractivity contribution in [2.75, 3.05) is 11.1 Å². The number of halogens is 3. The number of aryl methyl sites for hydroxylation is 2. The predicted octanol–water partition coefficient (Wildman–Crippen LogP) is 6.54. The number of aromatic nitrogens is 2. The van der Waals surface area contributed by atoms with Crippen molar-refractivity contribution in [3.63, 3.8) is 0 Å². The van der Waals surface area contributed by atoms with Crippen LogP contribution < -0.4 is 10.9 Å². The SMILES string of the molecule is C=CCn1c(SCC(=O)Nc2c(Br)cc(Br)cc2Br)nc2sc3c(c2c1=O)CCCC3. The van der Waals surface area contributed by atoms with Crippen molar-refractivity contribution in [2.45, 2.75) is 37.4 Å². The summed E-state index contributed by atoms with van der Waals surface area (Å²) in [7, 11) is 0. The van der Waals surface area contributed by atoms with Gasteiger partial charge in [-0.15, -0.1) is 17.9 Å². The van der Waals surface area contributed by atoms with Crippen molar-refractivity contribution in [3.05, 3.63) is 59.0 Å². The number of thioether (sulfide) groups is 1. The second-order valence-corrected chi connectivity index (χ2v) is 11.7. The van der Waals surface area contributed by atoms with Gasteiger partial charge in [0.1, 0.15) is 4.83 Å². The molecule has 2 heterocycles. The molecule has 0 fully saturated rings. The molecule has 1 aromatic carbocycles. The number of rotatable bonds is 6. The van der Waals surface area contributed by atoms with E-state index in [2.05, 4.69) is 59.7 Å². The molecule has 1 aliphatic rings. The monoisotopic (exact) mass is 645 g/mol. The van der Waals surface area contributed by atoms with Crippen molar-refractivity contribution < 1.29 is 4.79 Å². The number of hydrogen-bond acceptors (Lipinski definition) is 5. The minimum absolute atomic E-state index is 0.0365. The smallest absolute Gasteiger partial charge is 0.263 e. The molecule has 0 unspecified atom stereocenters. The van der Waals surface area contributed by atoms with E-state index in [4.69, 9.17) is 4.98 Å². The van der Waals surface area contributed by atoms with Gasteiger partial charge in [-0.1, -0.05) is 33.8 Å². The molecule has 0 bridgehead atoms. The van der Waals surface area contributed by atoms with Gasteiger partial charge in [0.2, 0.25) is 5.91 Å². The van der Waals surface area contributed by atoms with Gasteiger partial charge in [-0.2, -0.15) is 0 Å². The first-order valence-electron chi connectivity index (χ1n) is 9.62. The quantitative estimate of drug-likeness (QED) is 0.188. The van der Waals surface area contributed by atoms with Crippen LogP contribution in [0.3, 0.4) is 0 Å². The van der Waals surface area contributed by atoms with Gasteiger partial charge in [0.15, 0.2) is 5.16 Å². The Kier molecular flexibility index (Phi) is 7.42. The van der Waals surface area contributed by atoms with Crippen LogP contribution in [0, 0.1) is 0 Å². The number of carbonyl (C=O) groups is 1. The molecule has 5 nitrogen and oxygen atoms in total. The lowest BCUT2D eigenvalue weighted by Gasteiger charge is -2.13. The number of benzene rings is 1. The summed E-state index contributed by atoms with van der Waals surface area (Å²) >= 11 is 13.2. The average Bonchev–Trinajstić information content (AvgIpc) is 3.10. The Hall–Kier alpha value is -0.940. The van der Waals surface area contributed by atoms with Crippen LogP contribution >= 0.6 is 70.9 Å². The highest BCUT2D eigenvalue weighted by atomic mass is 79.9. The molecule has 0 saturated carbocycles. The Morgan fingerprint density at radius 2 is 1.97 bits per heavy atom. The molecule has 2 aromatic heterocycles. The number of anilines is 1. The van der Waals surface area contributed by atoms with Gasteiger partial charge >= 0.3 is 0 Å². The van der Waals surface area contributed by atoms with Crippen molar-refractivity contribution in [1.29, 1.82) is 0 Å². The van der Waals surface area contributed by atoms with Crippen molar-refractivity contribution >= 4 is 92.7 Å². The van der Waals surface area contributed by atoms with E-state index >= 15 is 0 Å². The largest absolute Gasteiger partial charge is 0.323 e. The van der Waals surface area contributed by atoms with Gasteiger partial charge in [-0.25, -0.2) is 4.98 Å². The Labute approximate surface area is 213 Å². The van der Waals surface area contributed by atoms with E-state index in [1.54, 1.807) is 22.0 Å². The molecule has 0 saturated heterocycles. The minimum atomic E-state index is -0.182. The Morgan fingerprint density at radius 1 is 1.26 bits per heavy atom. The minimum Gasteiger partial charge on any atom is -0.323 e. The first-order valence-corrected chi connectivity index (χ1v) is 13.8. The number of amides is 1. The Morgan fingerprint density at radius 3 is 2.68 bits per heavy atom. The van der Waals surface area contributed by atoms with E-state index in [0.29, 0.717) is 17.4 Å². The molecule has 1 N–H and O–H groups in total. The second kappa shape index (κ2) is 9.91. The van der Waals surface area contributed by atoms with Crippen molar-refractivity contribution in [1.82, 2.24) is 9.55 Å². The maximum atomic E-state index is 13.3. The lowest BCUT2D eigenvalue weighted by Crippen LogP contribution is -2.24. The number of hydrogen-bond donors (Lipinski definition) is 1. The Bertz CT molecular complexity index is 1230. The number of carbonyl (C=O) groups excluding carboxylic acids is 1. The third-order valence-electron chi connectivity index (χ3n) is 4.96. The molecule has 0 radical (unpaired) electrons. The van der Waals surface area contributed by atoms with Crippen LogP contribution in [0.5, 0.6) is 0 Å². The van der Waals surface area contributed by atoms with E-state index in [1.807, 2.05) is 12.1 Å². The number of fused-ring (bicyclic) bond motifs is 3. The lowest BCUT2D eigenvalue weighted by atomic mass is 9.97. The zero-order valence-corrected chi connectivity index (χ0v) is 22.7. The van der Waals surface area contributed by atoms with Crippen LogP contribution in [0.1, 0.15) is 23.3 Å². The third kappa shape index (κ3) is 4.88. The summed E-state index contributed by atoms with van der Waals surface area (Å²) < 4.78 is 4.04. The summed E-state index contributed by atoms with van der Waals surface area (Å²) in [6.07, 6.45) is 5.90. The van der Waals surface area contributed by atoms with Crippen LogP contribution in [0.25, 0.3) is 10.2 Å². The molecule has 1 amide bonds. The van der Waals surface area contributed by atoms with Crippen molar-refractivity contribution in [3.8, 4) is 0 Å². The lowest BCUT2D eigenvalue weighted by molar-refractivity contribution is -0.113. The fourth-order valence-electron chi connectivity index (χ4n) is 3.59. The molecule has 0 aliphatic heterocycles. The summed E-state index contributed by atoms with van der Waals surface area (Å²) in [6, 6.07) is 3.73. The van der Waals surface area contributed by atoms with E-state index in [0.717, 1.165) is 49.3 Å². The van der Waals surface area contributed by atoms with Crippen LogP contribution in [0.4, 0.5) is 5.69 Å². The molecule has 162 valence electrons. The van der Waals surface area contributed by atoms with Gasteiger partial charge in [-0.05, 0) is 75.2 Å². The molecule has 0 spiro atoms. The van der Waals surface area contributed by atoms with Gasteiger partial charge in [0.25, 0.3) is 5.56 Å². The normalized spacial score (nSPS) is 13.3. The first-order chi connectivity index (χ1) is 14.9. The summed E-state index contributed by atoms with van der Waals surface area (Å²) in [5.41, 5.74) is 1.79. The summed E-state index contributed by atoms with van der Waals surface area (Å²) in [6.45, 7) is 4.14. The summed E-state index contributed by atoms with van der Waals surface area (Å²) in [5.74, 6) is -0.0477. The standard InChI is InChI=1S/C21H18Br3N3O2S2/c1-2-7-27-20(29)17-12-5-3-4-6-15(12)31-19(17)26-21(27)30-10-16(28)25-18-13(23)8-11(22)9-14(18)24/h2,8-9H,1,3-7,10H2,(H,25,28). The number of nitrogens with zero attached hydrogens (tertiary/aromatic N) is 2. The fourth-order valence-corrected chi connectivity index (χ4v) is 8.16. The highest BCUT2D eigenvalue weighted by Crippen LogP contribution is 2.36. The summed E-state index contributed by atoms with van der Waals surface area (Å²) in [4.78, 5) is 32.7. The maximum Gasteiger partial charge on any atom is 0.263 e. The van der Waals surface area contributed by atoms with Gasteiger partial charge in [0, 0.05) is 24.8 Å². The van der Waals surface area contributed by atoms with Crippen molar-refractivity contribution in [2.24, 2.45) is 0 Å². The number of allylic oxidation sites excluding steroid dienone is 1. The highest BCUT2D eigenvalue weighted by Gasteiger charge is 2.22. The zero-order valence-electron chi connectivity index (χ0n) is 16.3. The summed E-state index contributed by atoms with van der Waals surface area (Å²) in [5, 5.41) is 4.20. The Balaban J connectivity index is 1.61. The number of thiophene rings is 1. The first kappa shape index (κ1) is 23.2. The molecule has 31 heavy (non-hydrogen) atoms. The van der Waals surface area contributed by atoms with Crippen LogP contribution in [-0.4, -0.2) is 21.2 Å². The van der Waals surface area contributed by atoms with Crippen LogP contribution in [0.15, 0.2) is 48.2 Å². The van der Waals surface area contributed by atoms with Gasteiger partial charge in [0.05, 0.1) is 16.8 Å². The predicted molar refractivity (Wildman–Crippen MR) is 140 cm³/mol. The van der Waals surface area contributed by atoms with Crippen LogP contribution in [-0.2, 0) is 24.2 Å². The van der Waals surface area contributed by atoms with E-state index < -0.39 is 0 Å². The molecule has 3 aromatic rings. The van der Waals surface area contributed by atoms with E-state index in [-0.39, 0.29) is 17.2 Å². The van der Waals surface area contributed by atoms with Gasteiger partial charge in [-0.3, -0.25) is 14.2 Å². The number of nitrogens with one attached hydrogen (secondary N) is 1. The molecule has 0 atom stereocenters. The topological polar surface area (TPSA) is 64.0 Å². The maximum absolute atomic E-state index is 13.3. The fraction of sp³-hybridized carbons (Fsp3) is 0.286. The second-order valence-electron chi connectivity index (χ2n) is 7.07. The highest BCUT2D eigenvalue weighted by molar-refractivity contribution is 9.11. The molecular weight excluding hydrogens is 630 g/mol. The average molecular weight is 648 g/mol. The zero-order chi connectivity index (χ0) is 22.1. The van der Waals surface area contributed by atoms with E-state index in [9.17, 15) is 9.59 Å². The molecule has 4 rings (SSSR count). The van der Waals surface area contributed by atoms with Crippen LogP contribution in [0.2, 0.25) is 0 Å².